The van der Waals surface area contributed by atoms with E-state index in [9.17, 15) is 9.59 Å². The number of hydrogen-bond donors (Lipinski definition) is 0. The van der Waals surface area contributed by atoms with Gasteiger partial charge in [0.2, 0.25) is 5.91 Å². The number of esters is 1. The van der Waals surface area contributed by atoms with E-state index in [1.165, 1.54) is 25.3 Å². The summed E-state index contributed by atoms with van der Waals surface area (Å²) in [4.78, 5) is 29.3. The quantitative estimate of drug-likeness (QED) is 0.448. The number of halogens is 2. The molecule has 5 nitrogen and oxygen atoms in total. The highest BCUT2D eigenvalue weighted by Crippen LogP contribution is 2.40. The summed E-state index contributed by atoms with van der Waals surface area (Å²) in [6.45, 7) is 3.50. The van der Waals surface area contributed by atoms with E-state index >= 15 is 0 Å². The standard InChI is InChI=1S/C25H28Cl2N2O3/c1-16(30)32-19-8-6-18-7-10-23(29-11-3-4-12-29)25(20(18)15-19)28(2)24(31)14-17-5-9-21(26)22(27)13-17/h5-6,8-9,13,15,23,25H,3-4,7,10-12,14H2,1-2H3. The van der Waals surface area contributed by atoms with Crippen molar-refractivity contribution < 1.29 is 14.3 Å². The van der Waals surface area contributed by atoms with E-state index in [2.05, 4.69) is 4.90 Å². The zero-order valence-corrected chi connectivity index (χ0v) is 20.0. The van der Waals surface area contributed by atoms with Gasteiger partial charge < -0.3 is 9.64 Å². The Morgan fingerprint density at radius 2 is 1.84 bits per heavy atom. The van der Waals surface area contributed by atoms with E-state index in [1.54, 1.807) is 12.1 Å². The summed E-state index contributed by atoms with van der Waals surface area (Å²) in [5.74, 6) is 0.189. The van der Waals surface area contributed by atoms with Crippen LogP contribution in [0.15, 0.2) is 36.4 Å². The molecule has 2 aromatic carbocycles. The SMILES string of the molecule is CC(=O)Oc1ccc2c(c1)C(N(C)C(=O)Cc1ccc(Cl)c(Cl)c1)C(N1CCCC1)CC2. The second kappa shape index (κ2) is 9.82. The number of rotatable bonds is 5. The van der Waals surface area contributed by atoms with E-state index in [4.69, 9.17) is 27.9 Å². The van der Waals surface area contributed by atoms with Crippen molar-refractivity contribution in [3.05, 3.63) is 63.1 Å². The van der Waals surface area contributed by atoms with Gasteiger partial charge in [-0.1, -0.05) is 35.3 Å². The minimum atomic E-state index is -0.350. The molecule has 0 N–H and O–H groups in total. The number of ether oxygens (including phenoxy) is 1. The van der Waals surface area contributed by atoms with Crippen LogP contribution in [0.2, 0.25) is 10.0 Å². The molecule has 0 radical (unpaired) electrons. The molecule has 1 aliphatic heterocycles. The zero-order valence-electron chi connectivity index (χ0n) is 18.4. The molecule has 32 heavy (non-hydrogen) atoms. The lowest BCUT2D eigenvalue weighted by molar-refractivity contribution is -0.133. The highest BCUT2D eigenvalue weighted by atomic mass is 35.5. The number of likely N-dealkylation sites (tertiary alicyclic amines) is 1. The minimum Gasteiger partial charge on any atom is -0.427 e. The number of amides is 1. The number of likely N-dealkylation sites (N-methyl/N-ethyl adjacent to an activating group) is 1. The van der Waals surface area contributed by atoms with Crippen molar-refractivity contribution in [3.63, 3.8) is 0 Å². The Labute approximate surface area is 199 Å². The van der Waals surface area contributed by atoms with Gasteiger partial charge in [0.25, 0.3) is 0 Å². The summed E-state index contributed by atoms with van der Waals surface area (Å²) in [5, 5.41) is 0.924. The first kappa shape index (κ1) is 23.1. The summed E-state index contributed by atoms with van der Waals surface area (Å²) >= 11 is 12.2. The maximum absolute atomic E-state index is 13.4. The van der Waals surface area contributed by atoms with E-state index in [0.29, 0.717) is 15.8 Å². The van der Waals surface area contributed by atoms with Gasteiger partial charge >= 0.3 is 5.97 Å². The number of carbonyl (C=O) groups excluding carboxylic acids is 2. The normalized spacial score (nSPS) is 20.6. The van der Waals surface area contributed by atoms with Gasteiger partial charge in [0, 0.05) is 20.0 Å². The van der Waals surface area contributed by atoms with Gasteiger partial charge in [-0.05, 0) is 79.7 Å². The van der Waals surface area contributed by atoms with Crippen LogP contribution in [0.5, 0.6) is 5.75 Å². The van der Waals surface area contributed by atoms with Gasteiger partial charge in [0.05, 0.1) is 22.5 Å². The minimum absolute atomic E-state index is 0.0170. The highest BCUT2D eigenvalue weighted by molar-refractivity contribution is 6.42. The molecule has 2 aromatic rings. The summed E-state index contributed by atoms with van der Waals surface area (Å²) < 4.78 is 5.37. The maximum atomic E-state index is 13.4. The Morgan fingerprint density at radius 3 is 2.53 bits per heavy atom. The van der Waals surface area contributed by atoms with Crippen molar-refractivity contribution in [1.82, 2.24) is 9.80 Å². The second-order valence-electron chi connectivity index (χ2n) is 8.68. The predicted molar refractivity (Wildman–Crippen MR) is 126 cm³/mol. The molecule has 1 fully saturated rings. The third-order valence-electron chi connectivity index (χ3n) is 6.53. The van der Waals surface area contributed by atoms with Crippen LogP contribution in [0.1, 0.15) is 48.9 Å². The van der Waals surface area contributed by atoms with Crippen molar-refractivity contribution in [3.8, 4) is 5.75 Å². The summed E-state index contributed by atoms with van der Waals surface area (Å²) in [6, 6.07) is 11.2. The Hall–Kier alpha value is -2.08. The molecule has 1 saturated heterocycles. The number of aryl methyl sites for hydroxylation is 1. The van der Waals surface area contributed by atoms with Gasteiger partial charge in [0.1, 0.15) is 5.75 Å². The lowest BCUT2D eigenvalue weighted by atomic mass is 9.82. The molecule has 170 valence electrons. The van der Waals surface area contributed by atoms with Crippen LogP contribution in [0.4, 0.5) is 0 Å². The lowest BCUT2D eigenvalue weighted by Gasteiger charge is -2.43. The molecule has 0 aromatic heterocycles. The molecule has 4 rings (SSSR count). The Kier molecular flexibility index (Phi) is 7.08. The molecule has 2 atom stereocenters. The predicted octanol–water partition coefficient (Wildman–Crippen LogP) is 5.07. The largest absolute Gasteiger partial charge is 0.427 e. The molecule has 2 aliphatic rings. The molecule has 1 heterocycles. The topological polar surface area (TPSA) is 49.9 Å². The molecule has 0 spiro atoms. The molecule has 1 aliphatic carbocycles. The van der Waals surface area contributed by atoms with Crippen molar-refractivity contribution in [2.45, 2.75) is 51.1 Å². The molecular weight excluding hydrogens is 447 g/mol. The van der Waals surface area contributed by atoms with Gasteiger partial charge in [0.15, 0.2) is 0 Å². The third-order valence-corrected chi connectivity index (χ3v) is 7.27. The van der Waals surface area contributed by atoms with Crippen LogP contribution >= 0.6 is 23.2 Å². The third kappa shape index (κ3) is 4.95. The number of carbonyl (C=O) groups is 2. The van der Waals surface area contributed by atoms with E-state index in [1.807, 2.05) is 36.2 Å². The van der Waals surface area contributed by atoms with Gasteiger partial charge in [-0.2, -0.15) is 0 Å². The number of hydrogen-bond acceptors (Lipinski definition) is 4. The van der Waals surface area contributed by atoms with Crippen LogP contribution < -0.4 is 4.74 Å². The van der Waals surface area contributed by atoms with Crippen molar-refractivity contribution in [2.24, 2.45) is 0 Å². The molecule has 0 saturated carbocycles. The highest BCUT2D eigenvalue weighted by Gasteiger charge is 2.38. The van der Waals surface area contributed by atoms with Crippen LogP contribution in [-0.2, 0) is 22.4 Å². The lowest BCUT2D eigenvalue weighted by Crippen LogP contribution is -2.48. The van der Waals surface area contributed by atoms with Crippen LogP contribution in [0.25, 0.3) is 0 Å². The molecule has 2 unspecified atom stereocenters. The maximum Gasteiger partial charge on any atom is 0.308 e. The smallest absolute Gasteiger partial charge is 0.308 e. The summed E-state index contributed by atoms with van der Waals surface area (Å²) in [6.07, 6.45) is 4.56. The van der Waals surface area contributed by atoms with Crippen LogP contribution in [0.3, 0.4) is 0 Å². The fourth-order valence-electron chi connectivity index (χ4n) is 5.00. The summed E-state index contributed by atoms with van der Waals surface area (Å²) in [5.41, 5.74) is 3.10. The Morgan fingerprint density at radius 1 is 1.09 bits per heavy atom. The monoisotopic (exact) mass is 474 g/mol. The Balaban J connectivity index is 1.65. The van der Waals surface area contributed by atoms with Gasteiger partial charge in [-0.15, -0.1) is 0 Å². The number of fused-ring (bicyclic) bond motifs is 1. The van der Waals surface area contributed by atoms with E-state index in [-0.39, 0.29) is 30.4 Å². The first-order valence-electron chi connectivity index (χ1n) is 11.1. The van der Waals surface area contributed by atoms with Crippen LogP contribution in [0, 0.1) is 0 Å². The average molecular weight is 475 g/mol. The fraction of sp³-hybridized carbons (Fsp3) is 0.440. The van der Waals surface area contributed by atoms with E-state index < -0.39 is 0 Å². The average Bonchev–Trinajstić information content (AvgIpc) is 3.29. The molecule has 1 amide bonds. The second-order valence-corrected chi connectivity index (χ2v) is 9.49. The fourth-order valence-corrected chi connectivity index (χ4v) is 5.32. The summed E-state index contributed by atoms with van der Waals surface area (Å²) in [7, 11) is 1.88. The molecule has 0 bridgehead atoms. The molecular formula is C25H28Cl2N2O3. The first-order valence-corrected chi connectivity index (χ1v) is 11.8. The van der Waals surface area contributed by atoms with Crippen molar-refractivity contribution >= 4 is 35.1 Å². The Bertz CT molecular complexity index is 1020. The van der Waals surface area contributed by atoms with Gasteiger partial charge in [-0.3, -0.25) is 14.5 Å². The van der Waals surface area contributed by atoms with Crippen molar-refractivity contribution in [2.75, 3.05) is 20.1 Å². The number of nitrogens with zero attached hydrogens (tertiary/aromatic N) is 2. The van der Waals surface area contributed by atoms with Crippen molar-refractivity contribution in [1.29, 1.82) is 0 Å². The van der Waals surface area contributed by atoms with Gasteiger partial charge in [-0.25, -0.2) is 0 Å². The van der Waals surface area contributed by atoms with E-state index in [0.717, 1.165) is 37.1 Å². The number of benzene rings is 2. The first-order chi connectivity index (χ1) is 15.3. The van der Waals surface area contributed by atoms with Crippen LogP contribution in [-0.4, -0.2) is 47.9 Å². The zero-order chi connectivity index (χ0) is 22.8. The molecule has 7 heteroatoms.